The first kappa shape index (κ1) is 17.3. The molecule has 0 amide bonds. The van der Waals surface area contributed by atoms with Gasteiger partial charge in [0.1, 0.15) is 0 Å². The van der Waals surface area contributed by atoms with Crippen LogP contribution in [0.3, 0.4) is 0 Å². The summed E-state index contributed by atoms with van der Waals surface area (Å²) >= 11 is 6.47. The molecule has 0 aliphatic carbocycles. The van der Waals surface area contributed by atoms with Crippen molar-refractivity contribution >= 4 is 17.3 Å². The first-order valence-corrected chi connectivity index (χ1v) is 7.85. The second-order valence-corrected chi connectivity index (χ2v) is 5.73. The monoisotopic (exact) mass is 297 g/mol. The minimum Gasteiger partial charge on any atom is -0.369 e. The summed E-state index contributed by atoms with van der Waals surface area (Å²) in [5.74, 6) is 0. The number of rotatable bonds is 9. The molecule has 0 aliphatic rings. The van der Waals surface area contributed by atoms with Crippen LogP contribution < -0.4 is 10.2 Å². The van der Waals surface area contributed by atoms with Crippen LogP contribution in [0.1, 0.15) is 25.8 Å². The molecule has 0 saturated heterocycles. The van der Waals surface area contributed by atoms with Gasteiger partial charge in [0.05, 0.1) is 10.7 Å². The van der Waals surface area contributed by atoms with Crippen LogP contribution in [0.4, 0.5) is 5.69 Å². The summed E-state index contributed by atoms with van der Waals surface area (Å²) in [5.41, 5.74) is 2.48. The van der Waals surface area contributed by atoms with Crippen molar-refractivity contribution in [1.82, 2.24) is 10.2 Å². The number of hydrogen-bond donors (Lipinski definition) is 1. The molecule has 4 heteroatoms. The fourth-order valence-corrected chi connectivity index (χ4v) is 2.56. The van der Waals surface area contributed by atoms with Crippen molar-refractivity contribution in [2.24, 2.45) is 0 Å². The Kier molecular flexibility index (Phi) is 7.97. The molecule has 0 unspecified atom stereocenters. The van der Waals surface area contributed by atoms with Crippen molar-refractivity contribution < 1.29 is 0 Å². The highest BCUT2D eigenvalue weighted by Crippen LogP contribution is 2.30. The Bertz CT molecular complexity index is 393. The molecule has 0 spiro atoms. The Balaban J connectivity index is 2.97. The average molecular weight is 298 g/mol. The van der Waals surface area contributed by atoms with Gasteiger partial charge in [-0.05, 0) is 38.7 Å². The highest BCUT2D eigenvalue weighted by molar-refractivity contribution is 6.33. The van der Waals surface area contributed by atoms with Gasteiger partial charge < -0.3 is 15.1 Å². The number of nitrogens with one attached hydrogen (secondary N) is 1. The summed E-state index contributed by atoms with van der Waals surface area (Å²) in [6, 6.07) is 6.20. The Morgan fingerprint density at radius 1 is 1.10 bits per heavy atom. The zero-order valence-corrected chi connectivity index (χ0v) is 14.0. The fraction of sp³-hybridized carbons (Fsp3) is 0.625. The largest absolute Gasteiger partial charge is 0.369 e. The number of hydrogen-bond acceptors (Lipinski definition) is 3. The van der Waals surface area contributed by atoms with Crippen LogP contribution in [0.15, 0.2) is 18.2 Å². The summed E-state index contributed by atoms with van der Waals surface area (Å²) in [6.45, 7) is 9.25. The molecule has 0 saturated carbocycles. The zero-order valence-electron chi connectivity index (χ0n) is 13.2. The molecule has 1 aromatic rings. The highest BCUT2D eigenvalue weighted by Gasteiger charge is 2.14. The Morgan fingerprint density at radius 2 is 1.85 bits per heavy atom. The van der Waals surface area contributed by atoms with Crippen LogP contribution >= 0.6 is 11.6 Å². The quantitative estimate of drug-likeness (QED) is 0.755. The zero-order chi connectivity index (χ0) is 15.0. The van der Waals surface area contributed by atoms with Crippen molar-refractivity contribution in [3.63, 3.8) is 0 Å². The van der Waals surface area contributed by atoms with Crippen LogP contribution in [0.2, 0.25) is 5.02 Å². The Labute approximate surface area is 128 Å². The van der Waals surface area contributed by atoms with E-state index in [1.807, 2.05) is 12.1 Å². The van der Waals surface area contributed by atoms with E-state index in [2.05, 4.69) is 49.1 Å². The van der Waals surface area contributed by atoms with Crippen molar-refractivity contribution in [2.45, 2.75) is 26.8 Å². The van der Waals surface area contributed by atoms with E-state index in [1.54, 1.807) is 0 Å². The predicted molar refractivity (Wildman–Crippen MR) is 89.9 cm³/mol. The second-order valence-electron chi connectivity index (χ2n) is 5.32. The summed E-state index contributed by atoms with van der Waals surface area (Å²) < 4.78 is 0. The molecule has 0 aliphatic heterocycles. The van der Waals surface area contributed by atoms with Gasteiger partial charge in [-0.2, -0.15) is 0 Å². The molecule has 114 valence electrons. The SMILES string of the molecule is CCCN(CCN(C)C)c1c(Cl)cccc1CNCC. The van der Waals surface area contributed by atoms with E-state index in [1.165, 1.54) is 11.3 Å². The number of likely N-dealkylation sites (N-methyl/N-ethyl adjacent to an activating group) is 1. The van der Waals surface area contributed by atoms with Crippen molar-refractivity contribution in [1.29, 1.82) is 0 Å². The summed E-state index contributed by atoms with van der Waals surface area (Å²) in [5, 5.41) is 4.25. The lowest BCUT2D eigenvalue weighted by atomic mass is 10.1. The molecular weight excluding hydrogens is 270 g/mol. The molecule has 1 N–H and O–H groups in total. The molecule has 0 aromatic heterocycles. The third-order valence-electron chi connectivity index (χ3n) is 3.26. The fourth-order valence-electron chi connectivity index (χ4n) is 2.24. The maximum absolute atomic E-state index is 6.47. The number of para-hydroxylation sites is 1. The van der Waals surface area contributed by atoms with Crippen LogP contribution in [0, 0.1) is 0 Å². The smallest absolute Gasteiger partial charge is 0.0642 e. The van der Waals surface area contributed by atoms with Crippen molar-refractivity contribution in [3.05, 3.63) is 28.8 Å². The van der Waals surface area contributed by atoms with Gasteiger partial charge in [0, 0.05) is 26.2 Å². The van der Waals surface area contributed by atoms with Gasteiger partial charge in [0.25, 0.3) is 0 Å². The van der Waals surface area contributed by atoms with Gasteiger partial charge in [0.2, 0.25) is 0 Å². The average Bonchev–Trinajstić information content (AvgIpc) is 2.41. The van der Waals surface area contributed by atoms with Crippen molar-refractivity contribution in [3.8, 4) is 0 Å². The van der Waals surface area contributed by atoms with Crippen LogP contribution in [-0.4, -0.2) is 45.2 Å². The third kappa shape index (κ3) is 5.31. The summed E-state index contributed by atoms with van der Waals surface area (Å²) in [7, 11) is 4.21. The molecule has 1 rings (SSSR count). The number of nitrogens with zero attached hydrogens (tertiary/aromatic N) is 2. The topological polar surface area (TPSA) is 18.5 Å². The third-order valence-corrected chi connectivity index (χ3v) is 3.57. The van der Waals surface area contributed by atoms with Gasteiger partial charge in [-0.3, -0.25) is 0 Å². The van der Waals surface area contributed by atoms with E-state index in [-0.39, 0.29) is 0 Å². The molecular formula is C16H28ClN3. The van der Waals surface area contributed by atoms with E-state index in [4.69, 9.17) is 11.6 Å². The number of halogens is 1. The first-order valence-electron chi connectivity index (χ1n) is 7.47. The first-order chi connectivity index (χ1) is 9.60. The molecule has 0 radical (unpaired) electrons. The van der Waals surface area contributed by atoms with E-state index < -0.39 is 0 Å². The minimum absolute atomic E-state index is 0.854. The maximum atomic E-state index is 6.47. The second kappa shape index (κ2) is 9.22. The van der Waals surface area contributed by atoms with Gasteiger partial charge >= 0.3 is 0 Å². The van der Waals surface area contributed by atoms with E-state index >= 15 is 0 Å². The molecule has 0 heterocycles. The summed E-state index contributed by atoms with van der Waals surface area (Å²) in [4.78, 5) is 4.62. The van der Waals surface area contributed by atoms with Crippen molar-refractivity contribution in [2.75, 3.05) is 45.2 Å². The maximum Gasteiger partial charge on any atom is 0.0642 e. The highest BCUT2D eigenvalue weighted by atomic mass is 35.5. The van der Waals surface area contributed by atoms with Gasteiger partial charge in [-0.25, -0.2) is 0 Å². The molecule has 20 heavy (non-hydrogen) atoms. The van der Waals surface area contributed by atoms with Crippen LogP contribution in [-0.2, 0) is 6.54 Å². The van der Waals surface area contributed by atoms with Crippen LogP contribution in [0.25, 0.3) is 0 Å². The summed E-state index contributed by atoms with van der Waals surface area (Å²) in [6.07, 6.45) is 1.12. The lowest BCUT2D eigenvalue weighted by molar-refractivity contribution is 0.412. The predicted octanol–water partition coefficient (Wildman–Crippen LogP) is 3.23. The molecule has 3 nitrogen and oxygen atoms in total. The number of benzene rings is 1. The normalized spacial score (nSPS) is 11.1. The lowest BCUT2D eigenvalue weighted by Crippen LogP contribution is -2.33. The van der Waals surface area contributed by atoms with E-state index in [9.17, 15) is 0 Å². The van der Waals surface area contributed by atoms with E-state index in [0.717, 1.165) is 44.2 Å². The minimum atomic E-state index is 0.854. The van der Waals surface area contributed by atoms with Gasteiger partial charge in [0.15, 0.2) is 0 Å². The van der Waals surface area contributed by atoms with Crippen LogP contribution in [0.5, 0.6) is 0 Å². The molecule has 0 atom stereocenters. The van der Waals surface area contributed by atoms with E-state index in [0.29, 0.717) is 0 Å². The Hall–Kier alpha value is -0.770. The molecule has 0 bridgehead atoms. The van der Waals surface area contributed by atoms with Gasteiger partial charge in [-0.15, -0.1) is 0 Å². The molecule has 0 fully saturated rings. The van der Waals surface area contributed by atoms with Gasteiger partial charge in [-0.1, -0.05) is 37.6 Å². The standard InChI is InChI=1S/C16H28ClN3/c1-5-10-20(12-11-19(3)4)16-14(13-18-6-2)8-7-9-15(16)17/h7-9,18H,5-6,10-13H2,1-4H3. The number of anilines is 1. The molecule has 1 aromatic carbocycles. The Morgan fingerprint density at radius 3 is 2.45 bits per heavy atom. The lowest BCUT2D eigenvalue weighted by Gasteiger charge is -2.29.